The van der Waals surface area contributed by atoms with Crippen LogP contribution in [0.15, 0.2) is 42.9 Å². The average molecular weight is 416 g/mol. The number of carbonyl (C=O) groups is 1. The molecule has 5 nitrogen and oxygen atoms in total. The van der Waals surface area contributed by atoms with Gasteiger partial charge < -0.3 is 9.52 Å². The van der Waals surface area contributed by atoms with Crippen LogP contribution in [0.3, 0.4) is 0 Å². The Morgan fingerprint density at radius 1 is 1.33 bits per heavy atom. The van der Waals surface area contributed by atoms with E-state index in [-0.39, 0.29) is 11.7 Å². The fourth-order valence-electron chi connectivity index (χ4n) is 1.72. The Kier molecular flexibility index (Phi) is 4.84. The maximum atomic E-state index is 11.9. The summed E-state index contributed by atoms with van der Waals surface area (Å²) < 4.78 is 6.39. The summed E-state index contributed by atoms with van der Waals surface area (Å²) in [6.45, 7) is 3.39. The van der Waals surface area contributed by atoms with Crippen molar-refractivity contribution in [3.05, 3.63) is 50.3 Å². The topological polar surface area (TPSA) is 74.8 Å². The van der Waals surface area contributed by atoms with E-state index in [4.69, 9.17) is 4.42 Å². The Balaban J connectivity index is 2.23. The normalized spacial score (nSPS) is 11.5. The van der Waals surface area contributed by atoms with Crippen molar-refractivity contribution in [3.8, 4) is 5.75 Å². The van der Waals surface area contributed by atoms with Crippen molar-refractivity contribution in [1.82, 2.24) is 5.43 Å². The molecule has 1 amide bonds. The largest absolute Gasteiger partial charge is 0.506 e. The van der Waals surface area contributed by atoms with Crippen molar-refractivity contribution in [2.45, 2.75) is 13.8 Å². The number of furan rings is 1. The molecule has 0 bridgehead atoms. The molecule has 0 unspecified atom stereocenters. The van der Waals surface area contributed by atoms with Crippen molar-refractivity contribution < 1.29 is 14.3 Å². The number of hydrogen-bond donors (Lipinski definition) is 2. The minimum atomic E-state index is -0.367. The monoisotopic (exact) mass is 414 g/mol. The number of halogens is 2. The van der Waals surface area contributed by atoms with Gasteiger partial charge in [0.25, 0.3) is 5.91 Å². The minimum absolute atomic E-state index is 0.0631. The zero-order valence-corrected chi connectivity index (χ0v) is 14.4. The minimum Gasteiger partial charge on any atom is -0.506 e. The Morgan fingerprint density at radius 3 is 2.67 bits per heavy atom. The molecule has 1 heterocycles. The molecule has 0 aliphatic heterocycles. The summed E-state index contributed by atoms with van der Waals surface area (Å²) in [5.74, 6) is 0.218. The first kappa shape index (κ1) is 15.8. The van der Waals surface area contributed by atoms with Gasteiger partial charge in [-0.3, -0.25) is 4.79 Å². The molecule has 2 aromatic rings. The highest BCUT2D eigenvalue weighted by molar-refractivity contribution is 9.11. The van der Waals surface area contributed by atoms with E-state index in [1.165, 1.54) is 6.26 Å². The lowest BCUT2D eigenvalue weighted by Gasteiger charge is -2.07. The number of phenolic OH excluding ortho intramolecular Hbond substituents is 1. The van der Waals surface area contributed by atoms with E-state index in [0.29, 0.717) is 27.1 Å². The number of aryl methyl sites for hydroxylation is 1. The zero-order chi connectivity index (χ0) is 15.6. The molecule has 0 saturated carbocycles. The van der Waals surface area contributed by atoms with E-state index < -0.39 is 0 Å². The Morgan fingerprint density at radius 2 is 2.05 bits per heavy atom. The number of nitrogens with zero attached hydrogens (tertiary/aromatic N) is 1. The van der Waals surface area contributed by atoms with Gasteiger partial charge in [0.1, 0.15) is 11.5 Å². The first-order chi connectivity index (χ1) is 9.90. The molecule has 0 radical (unpaired) electrons. The van der Waals surface area contributed by atoms with Gasteiger partial charge in [-0.05, 0) is 48.0 Å². The predicted octanol–water partition coefficient (Wildman–Crippen LogP) is 3.97. The van der Waals surface area contributed by atoms with Crippen LogP contribution in [0.5, 0.6) is 5.75 Å². The van der Waals surface area contributed by atoms with Crippen LogP contribution in [0, 0.1) is 6.92 Å². The lowest BCUT2D eigenvalue weighted by Crippen LogP contribution is -2.19. The number of nitrogens with one attached hydrogen (secondary N) is 1. The van der Waals surface area contributed by atoms with Gasteiger partial charge in [0.05, 0.1) is 22.0 Å². The molecular formula is C14H12Br2N2O3. The lowest BCUT2D eigenvalue weighted by atomic mass is 10.1. The molecule has 1 aromatic carbocycles. The van der Waals surface area contributed by atoms with E-state index >= 15 is 0 Å². The van der Waals surface area contributed by atoms with Crippen LogP contribution in [0.1, 0.15) is 28.6 Å². The van der Waals surface area contributed by atoms with Crippen molar-refractivity contribution >= 4 is 43.5 Å². The van der Waals surface area contributed by atoms with Crippen molar-refractivity contribution in [1.29, 1.82) is 0 Å². The molecule has 0 fully saturated rings. The smallest absolute Gasteiger partial charge is 0.274 e. The molecule has 7 heteroatoms. The summed E-state index contributed by atoms with van der Waals surface area (Å²) in [4.78, 5) is 11.9. The second-order valence-corrected chi connectivity index (χ2v) is 6.08. The Hall–Kier alpha value is -1.60. The first-order valence-corrected chi connectivity index (χ1v) is 7.56. The van der Waals surface area contributed by atoms with Gasteiger partial charge in [0.2, 0.25) is 0 Å². The number of carbonyl (C=O) groups excluding carboxylic acids is 1. The van der Waals surface area contributed by atoms with Crippen molar-refractivity contribution in [2.75, 3.05) is 0 Å². The third kappa shape index (κ3) is 3.54. The highest BCUT2D eigenvalue weighted by Gasteiger charge is 2.13. The third-order valence-corrected chi connectivity index (χ3v) is 3.91. The summed E-state index contributed by atoms with van der Waals surface area (Å²) in [5.41, 5.74) is 3.85. The van der Waals surface area contributed by atoms with Crippen LogP contribution >= 0.6 is 31.9 Å². The Bertz CT molecular complexity index is 723. The van der Waals surface area contributed by atoms with E-state index in [0.717, 1.165) is 4.47 Å². The van der Waals surface area contributed by atoms with Gasteiger partial charge in [-0.15, -0.1) is 0 Å². The summed E-state index contributed by atoms with van der Waals surface area (Å²) in [6.07, 6.45) is 1.44. The summed E-state index contributed by atoms with van der Waals surface area (Å²) >= 11 is 6.59. The molecule has 0 saturated heterocycles. The second kappa shape index (κ2) is 6.44. The quantitative estimate of drug-likeness (QED) is 0.588. The van der Waals surface area contributed by atoms with Gasteiger partial charge in [-0.1, -0.05) is 15.9 Å². The molecule has 110 valence electrons. The van der Waals surface area contributed by atoms with E-state index in [1.807, 2.05) is 0 Å². The molecule has 2 rings (SSSR count). The van der Waals surface area contributed by atoms with Crippen LogP contribution in [0.4, 0.5) is 0 Å². The number of amides is 1. The summed E-state index contributed by atoms with van der Waals surface area (Å²) in [5, 5.41) is 14.0. The van der Waals surface area contributed by atoms with Crippen LogP contribution in [-0.2, 0) is 0 Å². The molecule has 0 atom stereocenters. The number of hydrazone groups is 1. The van der Waals surface area contributed by atoms with Gasteiger partial charge in [0.15, 0.2) is 0 Å². The van der Waals surface area contributed by atoms with Crippen LogP contribution in [0.25, 0.3) is 0 Å². The van der Waals surface area contributed by atoms with Crippen LogP contribution < -0.4 is 5.43 Å². The van der Waals surface area contributed by atoms with Crippen LogP contribution in [-0.4, -0.2) is 16.7 Å². The first-order valence-electron chi connectivity index (χ1n) is 5.97. The number of benzene rings is 1. The maximum absolute atomic E-state index is 11.9. The maximum Gasteiger partial charge on any atom is 0.274 e. The van der Waals surface area contributed by atoms with Gasteiger partial charge in [-0.25, -0.2) is 5.43 Å². The average Bonchev–Trinajstić information content (AvgIpc) is 2.86. The highest BCUT2D eigenvalue weighted by Crippen LogP contribution is 2.32. The number of hydrogen-bond acceptors (Lipinski definition) is 4. The summed E-state index contributed by atoms with van der Waals surface area (Å²) in [7, 11) is 0. The van der Waals surface area contributed by atoms with Crippen LogP contribution in [0.2, 0.25) is 0 Å². The second-order valence-electron chi connectivity index (χ2n) is 4.31. The third-order valence-electron chi connectivity index (χ3n) is 2.85. The van der Waals surface area contributed by atoms with Gasteiger partial charge in [-0.2, -0.15) is 5.10 Å². The number of aromatic hydroxyl groups is 1. The molecule has 21 heavy (non-hydrogen) atoms. The van der Waals surface area contributed by atoms with Crippen molar-refractivity contribution in [2.24, 2.45) is 5.10 Å². The molecule has 0 aliphatic rings. The zero-order valence-electron chi connectivity index (χ0n) is 11.3. The van der Waals surface area contributed by atoms with E-state index in [9.17, 15) is 9.90 Å². The predicted molar refractivity (Wildman–Crippen MR) is 86.6 cm³/mol. The fraction of sp³-hybridized carbons (Fsp3) is 0.143. The highest BCUT2D eigenvalue weighted by atomic mass is 79.9. The van der Waals surface area contributed by atoms with Gasteiger partial charge >= 0.3 is 0 Å². The number of rotatable bonds is 3. The molecular weight excluding hydrogens is 404 g/mol. The van der Waals surface area contributed by atoms with Crippen molar-refractivity contribution in [3.63, 3.8) is 0 Å². The lowest BCUT2D eigenvalue weighted by molar-refractivity contribution is 0.0953. The molecule has 2 N–H and O–H groups in total. The van der Waals surface area contributed by atoms with E-state index in [1.54, 1.807) is 32.0 Å². The molecule has 0 spiro atoms. The Labute approximate surface area is 138 Å². The fourth-order valence-corrected chi connectivity index (χ4v) is 2.94. The SMILES string of the molecule is CC(=NNC(=O)c1ccoc1C)c1cc(Br)cc(Br)c1O. The van der Waals surface area contributed by atoms with E-state index in [2.05, 4.69) is 42.4 Å². The summed E-state index contributed by atoms with van der Waals surface area (Å²) in [6, 6.07) is 5.01. The van der Waals surface area contributed by atoms with Gasteiger partial charge in [0, 0.05) is 10.0 Å². The molecule has 1 aromatic heterocycles. The number of phenols is 1. The molecule has 0 aliphatic carbocycles. The standard InChI is InChI=1S/C14H12Br2N2O3/c1-7(11-5-9(15)6-12(16)13(11)19)17-18-14(20)10-3-4-21-8(10)2/h3-6,19H,1-2H3,(H,18,20).